The molecule has 1 saturated carbocycles. The summed E-state index contributed by atoms with van der Waals surface area (Å²) >= 11 is 0. The third-order valence-electron chi connectivity index (χ3n) is 3.60. The summed E-state index contributed by atoms with van der Waals surface area (Å²) in [7, 11) is 1.57. The van der Waals surface area contributed by atoms with E-state index in [4.69, 9.17) is 4.74 Å². The van der Waals surface area contributed by atoms with Gasteiger partial charge in [-0.2, -0.15) is 0 Å². The minimum absolute atomic E-state index is 0.237. The van der Waals surface area contributed by atoms with Gasteiger partial charge in [0, 0.05) is 13.5 Å². The second-order valence-electron chi connectivity index (χ2n) is 4.60. The Morgan fingerprint density at radius 2 is 1.94 bits per heavy atom. The molecule has 0 bridgehead atoms. The molecule has 1 aromatic rings. The predicted molar refractivity (Wildman–Crippen MR) is 59.5 cm³/mol. The van der Waals surface area contributed by atoms with E-state index in [9.17, 15) is 13.9 Å². The molecule has 0 aliphatic heterocycles. The van der Waals surface area contributed by atoms with E-state index in [1.54, 1.807) is 7.11 Å². The molecule has 0 saturated heterocycles. The van der Waals surface area contributed by atoms with Gasteiger partial charge in [-0.3, -0.25) is 0 Å². The molecular formula is C13H16F2O2. The normalized spacial score (nSPS) is 19.8. The average molecular weight is 242 g/mol. The second kappa shape index (κ2) is 4.70. The second-order valence-corrected chi connectivity index (χ2v) is 4.60. The Morgan fingerprint density at radius 3 is 2.35 bits per heavy atom. The molecule has 2 nitrogen and oxygen atoms in total. The van der Waals surface area contributed by atoms with Crippen molar-refractivity contribution < 1.29 is 18.6 Å². The lowest BCUT2D eigenvalue weighted by atomic mass is 9.75. The highest BCUT2D eigenvalue weighted by Gasteiger charge is 2.39. The van der Waals surface area contributed by atoms with Crippen molar-refractivity contribution in [2.75, 3.05) is 7.11 Å². The summed E-state index contributed by atoms with van der Waals surface area (Å²) in [6.45, 7) is 0. The molecule has 2 rings (SSSR count). The van der Waals surface area contributed by atoms with E-state index in [-0.39, 0.29) is 12.0 Å². The first-order valence-electron chi connectivity index (χ1n) is 5.75. The van der Waals surface area contributed by atoms with Crippen LogP contribution in [0.15, 0.2) is 18.2 Å². The third kappa shape index (κ3) is 2.33. The van der Waals surface area contributed by atoms with Crippen molar-refractivity contribution >= 4 is 0 Å². The van der Waals surface area contributed by atoms with E-state index in [1.165, 1.54) is 6.07 Å². The quantitative estimate of drug-likeness (QED) is 0.879. The Kier molecular flexibility index (Phi) is 3.45. The number of aliphatic hydroxyl groups excluding tert-OH is 1. The lowest BCUT2D eigenvalue weighted by Crippen LogP contribution is -2.40. The molecule has 1 unspecified atom stereocenters. The average Bonchev–Trinajstić information content (AvgIpc) is 2.23. The number of benzene rings is 1. The van der Waals surface area contributed by atoms with Crippen LogP contribution in [0.2, 0.25) is 0 Å². The first kappa shape index (κ1) is 12.5. The van der Waals surface area contributed by atoms with Gasteiger partial charge in [-0.1, -0.05) is 6.07 Å². The monoisotopic (exact) mass is 242 g/mol. The number of rotatable bonds is 4. The van der Waals surface area contributed by atoms with Crippen LogP contribution < -0.4 is 0 Å². The van der Waals surface area contributed by atoms with Crippen molar-refractivity contribution in [1.82, 2.24) is 0 Å². The van der Waals surface area contributed by atoms with Gasteiger partial charge in [0.25, 0.3) is 0 Å². The summed E-state index contributed by atoms with van der Waals surface area (Å²) in [4.78, 5) is 0. The minimum Gasteiger partial charge on any atom is -0.388 e. The van der Waals surface area contributed by atoms with Crippen LogP contribution in [-0.4, -0.2) is 17.8 Å². The van der Waals surface area contributed by atoms with Crippen LogP contribution in [0.5, 0.6) is 0 Å². The molecule has 17 heavy (non-hydrogen) atoms. The molecule has 0 heterocycles. The number of aliphatic hydroxyl groups is 1. The lowest BCUT2D eigenvalue weighted by Gasteiger charge is -2.41. The SMILES string of the molecule is COC1(CC(O)c2c(F)cccc2F)CCC1. The molecule has 0 spiro atoms. The molecule has 1 atom stereocenters. The van der Waals surface area contributed by atoms with Crippen LogP contribution in [0.1, 0.15) is 37.4 Å². The Labute approximate surface area is 99.2 Å². The zero-order chi connectivity index (χ0) is 12.5. The molecule has 4 heteroatoms. The lowest BCUT2D eigenvalue weighted by molar-refractivity contribution is -0.101. The highest BCUT2D eigenvalue weighted by atomic mass is 19.1. The predicted octanol–water partition coefficient (Wildman–Crippen LogP) is 2.96. The van der Waals surface area contributed by atoms with Gasteiger partial charge in [0.2, 0.25) is 0 Å². The molecule has 94 valence electrons. The van der Waals surface area contributed by atoms with E-state index in [2.05, 4.69) is 0 Å². The van der Waals surface area contributed by atoms with E-state index in [0.29, 0.717) is 0 Å². The van der Waals surface area contributed by atoms with Gasteiger partial charge in [0.1, 0.15) is 11.6 Å². The van der Waals surface area contributed by atoms with Crippen molar-refractivity contribution in [2.24, 2.45) is 0 Å². The van der Waals surface area contributed by atoms with E-state index in [0.717, 1.165) is 31.4 Å². The zero-order valence-electron chi connectivity index (χ0n) is 9.75. The third-order valence-corrected chi connectivity index (χ3v) is 3.60. The van der Waals surface area contributed by atoms with Crippen LogP contribution in [0.25, 0.3) is 0 Å². The van der Waals surface area contributed by atoms with Gasteiger partial charge in [0.05, 0.1) is 17.3 Å². The molecule has 1 aliphatic rings. The number of methoxy groups -OCH3 is 1. The molecule has 0 amide bonds. The molecular weight excluding hydrogens is 226 g/mol. The first-order chi connectivity index (χ1) is 8.08. The topological polar surface area (TPSA) is 29.5 Å². The van der Waals surface area contributed by atoms with Crippen molar-refractivity contribution in [3.8, 4) is 0 Å². The Bertz CT molecular complexity index is 377. The van der Waals surface area contributed by atoms with Gasteiger partial charge < -0.3 is 9.84 Å². The van der Waals surface area contributed by atoms with E-state index in [1.807, 2.05) is 0 Å². The fourth-order valence-electron chi connectivity index (χ4n) is 2.35. The number of hydrogen-bond donors (Lipinski definition) is 1. The molecule has 0 radical (unpaired) electrons. The van der Waals surface area contributed by atoms with Gasteiger partial charge in [0.15, 0.2) is 0 Å². The van der Waals surface area contributed by atoms with Crippen molar-refractivity contribution in [3.05, 3.63) is 35.4 Å². The molecule has 1 aliphatic carbocycles. The largest absolute Gasteiger partial charge is 0.388 e. The zero-order valence-corrected chi connectivity index (χ0v) is 9.75. The Morgan fingerprint density at radius 1 is 1.35 bits per heavy atom. The first-order valence-corrected chi connectivity index (χ1v) is 5.75. The van der Waals surface area contributed by atoms with E-state index < -0.39 is 23.3 Å². The van der Waals surface area contributed by atoms with E-state index >= 15 is 0 Å². The van der Waals surface area contributed by atoms with Gasteiger partial charge in [-0.05, 0) is 31.4 Å². The summed E-state index contributed by atoms with van der Waals surface area (Å²) < 4.78 is 32.3. The number of halogens is 2. The molecule has 1 aromatic carbocycles. The van der Waals surface area contributed by atoms with Crippen LogP contribution in [0, 0.1) is 11.6 Å². The summed E-state index contributed by atoms with van der Waals surface area (Å²) in [5, 5.41) is 9.95. The maximum Gasteiger partial charge on any atom is 0.131 e. The van der Waals surface area contributed by atoms with Crippen LogP contribution in [0.3, 0.4) is 0 Å². The Balaban J connectivity index is 2.17. The van der Waals surface area contributed by atoms with Gasteiger partial charge in [-0.15, -0.1) is 0 Å². The minimum atomic E-state index is -1.16. The van der Waals surface area contributed by atoms with Crippen molar-refractivity contribution in [3.63, 3.8) is 0 Å². The van der Waals surface area contributed by atoms with Crippen LogP contribution in [0.4, 0.5) is 8.78 Å². The number of ether oxygens (including phenoxy) is 1. The highest BCUT2D eigenvalue weighted by molar-refractivity contribution is 5.22. The van der Waals surface area contributed by atoms with Crippen molar-refractivity contribution in [2.45, 2.75) is 37.4 Å². The standard InChI is InChI=1S/C13H16F2O2/c1-17-13(6-3-7-13)8-11(16)12-9(14)4-2-5-10(12)15/h2,4-5,11,16H,3,6-8H2,1H3. The summed E-state index contributed by atoms with van der Waals surface area (Å²) in [6.07, 6.45) is 1.77. The molecule has 0 aromatic heterocycles. The summed E-state index contributed by atoms with van der Waals surface area (Å²) in [5.74, 6) is -1.41. The Hall–Kier alpha value is -1.00. The highest BCUT2D eigenvalue weighted by Crippen LogP contribution is 2.42. The van der Waals surface area contributed by atoms with Gasteiger partial charge in [-0.25, -0.2) is 8.78 Å². The summed E-state index contributed by atoms with van der Waals surface area (Å²) in [6, 6.07) is 3.60. The molecule has 1 N–H and O–H groups in total. The maximum absolute atomic E-state index is 13.5. The number of hydrogen-bond acceptors (Lipinski definition) is 2. The van der Waals surface area contributed by atoms with Gasteiger partial charge >= 0.3 is 0 Å². The fraction of sp³-hybridized carbons (Fsp3) is 0.538. The smallest absolute Gasteiger partial charge is 0.131 e. The maximum atomic E-state index is 13.5. The van der Waals surface area contributed by atoms with Crippen molar-refractivity contribution in [1.29, 1.82) is 0 Å². The van der Waals surface area contributed by atoms with Crippen LogP contribution in [-0.2, 0) is 4.74 Å². The molecule has 1 fully saturated rings. The van der Waals surface area contributed by atoms with Crippen LogP contribution >= 0.6 is 0 Å². The fourth-order valence-corrected chi connectivity index (χ4v) is 2.35. The summed E-state index contributed by atoms with van der Waals surface area (Å²) in [5.41, 5.74) is -0.662.